The van der Waals surface area contributed by atoms with Crippen LogP contribution in [0.25, 0.3) is 0 Å². The van der Waals surface area contributed by atoms with E-state index in [9.17, 15) is 4.79 Å². The van der Waals surface area contributed by atoms with Gasteiger partial charge in [0.2, 0.25) is 0 Å². The van der Waals surface area contributed by atoms with Crippen LogP contribution < -0.4 is 0 Å². The Labute approximate surface area is 188 Å². The average Bonchev–Trinajstić information content (AvgIpc) is 3.00. The van der Waals surface area contributed by atoms with Crippen molar-refractivity contribution in [2.75, 3.05) is 0 Å². The first-order chi connectivity index (χ1) is 13.7. The summed E-state index contributed by atoms with van der Waals surface area (Å²) in [4.78, 5) is 12.5. The number of ketones is 1. The average molecular weight is 466 g/mol. The van der Waals surface area contributed by atoms with E-state index in [-0.39, 0.29) is 4.83 Å². The quantitative estimate of drug-likeness (QED) is 0.375. The van der Waals surface area contributed by atoms with Gasteiger partial charge in [0.1, 0.15) is 5.78 Å². The summed E-state index contributed by atoms with van der Waals surface area (Å²) in [5.41, 5.74) is 0.979. The molecule has 0 N–H and O–H groups in total. The van der Waals surface area contributed by atoms with Crippen molar-refractivity contribution in [2.24, 2.45) is 52.3 Å². The van der Waals surface area contributed by atoms with Crippen LogP contribution in [0.1, 0.15) is 105 Å². The molecular weight excluding hydrogens is 420 g/mol. The number of carbonyl (C=O) groups is 1. The maximum Gasteiger partial charge on any atom is 0.146 e. The molecule has 4 aliphatic carbocycles. The Morgan fingerprint density at radius 1 is 0.966 bits per heavy atom. The van der Waals surface area contributed by atoms with Gasteiger partial charge in [-0.25, -0.2) is 0 Å². The molecule has 2 heteroatoms. The topological polar surface area (TPSA) is 17.1 Å². The lowest BCUT2D eigenvalue weighted by atomic mass is 9.44. The molecule has 0 radical (unpaired) electrons. The molecule has 29 heavy (non-hydrogen) atoms. The van der Waals surface area contributed by atoms with Crippen molar-refractivity contribution in [3.05, 3.63) is 0 Å². The molecule has 4 saturated carbocycles. The number of fused-ring (bicyclic) bond motifs is 5. The molecule has 0 aromatic heterocycles. The molecule has 0 aliphatic heterocycles. The fourth-order valence-electron chi connectivity index (χ4n) is 9.08. The molecule has 4 fully saturated rings. The summed E-state index contributed by atoms with van der Waals surface area (Å²) in [5, 5.41) is 0. The van der Waals surface area contributed by atoms with Crippen LogP contribution in [0.4, 0.5) is 0 Å². The highest BCUT2D eigenvalue weighted by molar-refractivity contribution is 9.10. The van der Waals surface area contributed by atoms with Crippen LogP contribution in [0.3, 0.4) is 0 Å². The van der Waals surface area contributed by atoms with Gasteiger partial charge in [0.15, 0.2) is 0 Å². The monoisotopic (exact) mass is 464 g/mol. The third kappa shape index (κ3) is 3.80. The summed E-state index contributed by atoms with van der Waals surface area (Å²) in [6.45, 7) is 12.6. The van der Waals surface area contributed by atoms with Crippen molar-refractivity contribution >= 4 is 21.7 Å². The lowest BCUT2D eigenvalue weighted by Gasteiger charge is -2.61. The van der Waals surface area contributed by atoms with E-state index in [4.69, 9.17) is 0 Å². The van der Waals surface area contributed by atoms with E-state index in [0.29, 0.717) is 22.5 Å². The van der Waals surface area contributed by atoms with Crippen molar-refractivity contribution in [1.29, 1.82) is 0 Å². The van der Waals surface area contributed by atoms with E-state index in [1.165, 1.54) is 57.8 Å². The largest absolute Gasteiger partial charge is 0.298 e. The number of hydrogen-bond donors (Lipinski definition) is 0. The summed E-state index contributed by atoms with van der Waals surface area (Å²) in [5.74, 6) is 6.56. The Kier molecular flexibility index (Phi) is 6.36. The number of carbonyl (C=O) groups excluding carboxylic acids is 1. The van der Waals surface area contributed by atoms with E-state index in [1.807, 2.05) is 0 Å². The molecule has 166 valence electrons. The second kappa shape index (κ2) is 8.25. The molecule has 0 amide bonds. The Bertz CT molecular complexity index is 614. The Hall–Kier alpha value is 0.150. The van der Waals surface area contributed by atoms with Crippen LogP contribution >= 0.6 is 15.9 Å². The van der Waals surface area contributed by atoms with Gasteiger partial charge in [-0.15, -0.1) is 0 Å². The minimum Gasteiger partial charge on any atom is -0.298 e. The first-order valence-corrected chi connectivity index (χ1v) is 13.7. The van der Waals surface area contributed by atoms with Crippen LogP contribution in [0, 0.1) is 52.3 Å². The molecule has 9 atom stereocenters. The van der Waals surface area contributed by atoms with Crippen molar-refractivity contribution in [3.8, 4) is 0 Å². The molecule has 4 aliphatic rings. The van der Waals surface area contributed by atoms with Crippen LogP contribution in [-0.4, -0.2) is 10.6 Å². The Morgan fingerprint density at radius 2 is 1.69 bits per heavy atom. The molecule has 0 spiro atoms. The number of Topliss-reactive ketones (excluding diaryl/α,β-unsaturated/α-hetero) is 1. The van der Waals surface area contributed by atoms with Crippen LogP contribution in [0.2, 0.25) is 0 Å². The van der Waals surface area contributed by atoms with Gasteiger partial charge in [0, 0.05) is 6.42 Å². The van der Waals surface area contributed by atoms with Crippen LogP contribution in [0.15, 0.2) is 0 Å². The standard InChI is InChI=1S/C27H45BrO/c1-17(2)7-6-8-18(3)21-11-12-22-20-10-9-19-15-25(29)24(28)16-27(19,5)23(20)13-14-26(21,22)4/h17-24H,6-16H2,1-5H3/t18-,19+,20+,21+,22-,23+,24-,26+,27+/m1/s1. The van der Waals surface area contributed by atoms with Crippen molar-refractivity contribution in [1.82, 2.24) is 0 Å². The minimum atomic E-state index is 0.119. The van der Waals surface area contributed by atoms with Crippen molar-refractivity contribution in [2.45, 2.75) is 110 Å². The second-order valence-corrected chi connectivity index (χ2v) is 13.6. The second-order valence-electron chi connectivity index (χ2n) is 12.5. The van der Waals surface area contributed by atoms with E-state index in [1.54, 1.807) is 0 Å². The SMILES string of the molecule is CC(C)CCC[C@@H](C)[C@@H]1CC[C@@H]2[C@@H]3CC[C@H]4CC(=O)[C@H](Br)C[C@]4(C)[C@H]3CC[C@]21C. The van der Waals surface area contributed by atoms with Gasteiger partial charge in [-0.05, 0) is 97.2 Å². The maximum atomic E-state index is 12.4. The molecule has 1 nitrogen and oxygen atoms in total. The van der Waals surface area contributed by atoms with E-state index in [0.717, 1.165) is 48.3 Å². The molecule has 0 bridgehead atoms. The van der Waals surface area contributed by atoms with Gasteiger partial charge in [0.25, 0.3) is 0 Å². The van der Waals surface area contributed by atoms with Gasteiger partial charge in [-0.1, -0.05) is 69.8 Å². The minimum absolute atomic E-state index is 0.119. The number of halogens is 1. The molecule has 0 saturated heterocycles. The zero-order valence-electron chi connectivity index (χ0n) is 19.7. The third-order valence-corrected chi connectivity index (χ3v) is 11.5. The lowest BCUT2D eigenvalue weighted by Crippen LogP contribution is -2.55. The van der Waals surface area contributed by atoms with Gasteiger partial charge < -0.3 is 0 Å². The fraction of sp³-hybridized carbons (Fsp3) is 0.963. The number of hydrogen-bond acceptors (Lipinski definition) is 1. The fourth-order valence-corrected chi connectivity index (χ4v) is 9.97. The Morgan fingerprint density at radius 3 is 2.41 bits per heavy atom. The first-order valence-electron chi connectivity index (χ1n) is 12.8. The molecule has 0 aromatic carbocycles. The van der Waals surface area contributed by atoms with Gasteiger partial charge >= 0.3 is 0 Å². The third-order valence-electron chi connectivity index (χ3n) is 10.7. The molecule has 0 aromatic rings. The zero-order chi connectivity index (χ0) is 21.0. The lowest BCUT2D eigenvalue weighted by molar-refractivity contribution is -0.139. The van der Waals surface area contributed by atoms with E-state index >= 15 is 0 Å². The van der Waals surface area contributed by atoms with E-state index in [2.05, 4.69) is 50.5 Å². The smallest absolute Gasteiger partial charge is 0.146 e. The summed E-state index contributed by atoms with van der Waals surface area (Å²) in [7, 11) is 0. The predicted octanol–water partition coefficient (Wildman–Crippen LogP) is 8.05. The highest BCUT2D eigenvalue weighted by Gasteiger charge is 2.61. The highest BCUT2D eigenvalue weighted by Crippen LogP contribution is 2.68. The summed E-state index contributed by atoms with van der Waals surface area (Å²) in [6, 6.07) is 0. The first kappa shape index (κ1) is 22.3. The number of rotatable bonds is 5. The molecular formula is C27H45BrO. The zero-order valence-corrected chi connectivity index (χ0v) is 21.3. The summed E-state index contributed by atoms with van der Waals surface area (Å²) >= 11 is 3.75. The molecule has 0 unspecified atom stereocenters. The summed E-state index contributed by atoms with van der Waals surface area (Å²) < 4.78 is 0. The van der Waals surface area contributed by atoms with Gasteiger partial charge in [-0.2, -0.15) is 0 Å². The normalized spacial score (nSPS) is 48.2. The molecule has 4 rings (SSSR count). The van der Waals surface area contributed by atoms with E-state index < -0.39 is 0 Å². The molecule has 0 heterocycles. The Balaban J connectivity index is 1.48. The van der Waals surface area contributed by atoms with Gasteiger partial charge in [0.05, 0.1) is 4.83 Å². The summed E-state index contributed by atoms with van der Waals surface area (Å²) in [6.07, 6.45) is 14.7. The van der Waals surface area contributed by atoms with Crippen molar-refractivity contribution < 1.29 is 4.79 Å². The maximum absolute atomic E-state index is 12.4. The predicted molar refractivity (Wildman–Crippen MR) is 126 cm³/mol. The van der Waals surface area contributed by atoms with Crippen molar-refractivity contribution in [3.63, 3.8) is 0 Å². The van der Waals surface area contributed by atoms with Crippen LogP contribution in [-0.2, 0) is 4.79 Å². The van der Waals surface area contributed by atoms with Crippen LogP contribution in [0.5, 0.6) is 0 Å². The van der Waals surface area contributed by atoms with Gasteiger partial charge in [-0.3, -0.25) is 4.79 Å². The number of alkyl halides is 1. The highest BCUT2D eigenvalue weighted by atomic mass is 79.9.